The standard InChI is InChI=1S/C23H30ClNO4S/c1-17(2)7-16-22(25-30(27,28)21-14-12-20(24)13-15-21)19-10-8-18(9-11-19)5-4-6-23(26)29-3/h8-15,17,22,25H,4-7,16H2,1-3H3. The Labute approximate surface area is 184 Å². The van der Waals surface area contributed by atoms with E-state index >= 15 is 0 Å². The van der Waals surface area contributed by atoms with Crippen LogP contribution >= 0.6 is 11.6 Å². The van der Waals surface area contributed by atoms with Crippen LogP contribution in [0, 0.1) is 5.92 Å². The lowest BCUT2D eigenvalue weighted by Gasteiger charge is -2.21. The number of halogens is 1. The van der Waals surface area contributed by atoms with Gasteiger partial charge in [-0.15, -0.1) is 0 Å². The molecule has 1 atom stereocenters. The van der Waals surface area contributed by atoms with Gasteiger partial charge in [0.05, 0.1) is 12.0 Å². The number of carbonyl (C=O) groups is 1. The maximum atomic E-state index is 12.9. The van der Waals surface area contributed by atoms with Crippen molar-refractivity contribution in [1.29, 1.82) is 0 Å². The van der Waals surface area contributed by atoms with E-state index in [2.05, 4.69) is 23.3 Å². The second kappa shape index (κ2) is 11.5. The van der Waals surface area contributed by atoms with Crippen molar-refractivity contribution < 1.29 is 17.9 Å². The fourth-order valence-corrected chi connectivity index (χ4v) is 4.50. The molecule has 0 aliphatic carbocycles. The van der Waals surface area contributed by atoms with Crippen LogP contribution in [0.3, 0.4) is 0 Å². The van der Waals surface area contributed by atoms with Crippen LogP contribution in [0.25, 0.3) is 0 Å². The van der Waals surface area contributed by atoms with Gasteiger partial charge in [0.2, 0.25) is 10.0 Å². The molecular weight excluding hydrogens is 422 g/mol. The van der Waals surface area contributed by atoms with Crippen molar-refractivity contribution in [3.05, 3.63) is 64.7 Å². The summed E-state index contributed by atoms with van der Waals surface area (Å²) in [5.41, 5.74) is 2.02. The van der Waals surface area contributed by atoms with Crippen LogP contribution in [0.15, 0.2) is 53.4 Å². The van der Waals surface area contributed by atoms with Gasteiger partial charge in [0, 0.05) is 17.5 Å². The van der Waals surface area contributed by atoms with E-state index in [1.165, 1.54) is 19.2 Å². The van der Waals surface area contributed by atoms with Crippen LogP contribution in [0.4, 0.5) is 0 Å². The molecule has 2 aromatic carbocycles. The van der Waals surface area contributed by atoms with Gasteiger partial charge in [-0.25, -0.2) is 13.1 Å². The van der Waals surface area contributed by atoms with Crippen molar-refractivity contribution in [2.45, 2.75) is 56.9 Å². The van der Waals surface area contributed by atoms with E-state index in [-0.39, 0.29) is 16.9 Å². The fraction of sp³-hybridized carbons (Fsp3) is 0.435. The zero-order valence-electron chi connectivity index (χ0n) is 17.7. The maximum Gasteiger partial charge on any atom is 0.305 e. The molecule has 164 valence electrons. The summed E-state index contributed by atoms with van der Waals surface area (Å²) in [7, 11) is -2.28. The second-order valence-electron chi connectivity index (χ2n) is 7.77. The summed E-state index contributed by atoms with van der Waals surface area (Å²) in [5.74, 6) is 0.252. The molecule has 0 spiro atoms. The highest BCUT2D eigenvalue weighted by Crippen LogP contribution is 2.25. The Hall–Kier alpha value is -1.89. The Morgan fingerprint density at radius 2 is 1.67 bits per heavy atom. The smallest absolute Gasteiger partial charge is 0.305 e. The molecule has 2 rings (SSSR count). The summed E-state index contributed by atoms with van der Waals surface area (Å²) in [5, 5.41) is 0.494. The molecule has 0 saturated heterocycles. The van der Waals surface area contributed by atoms with Crippen LogP contribution < -0.4 is 4.72 Å². The summed E-state index contributed by atoms with van der Waals surface area (Å²) >= 11 is 5.88. The Balaban J connectivity index is 2.13. The summed E-state index contributed by atoms with van der Waals surface area (Å²) in [6, 6.07) is 13.7. The van der Waals surface area contributed by atoms with Crippen LogP contribution in [0.5, 0.6) is 0 Å². The third-order valence-electron chi connectivity index (χ3n) is 4.91. The lowest BCUT2D eigenvalue weighted by molar-refractivity contribution is -0.140. The quantitative estimate of drug-likeness (QED) is 0.471. The van der Waals surface area contributed by atoms with Gasteiger partial charge in [0.1, 0.15) is 0 Å². The number of rotatable bonds is 11. The van der Waals surface area contributed by atoms with Crippen LogP contribution in [-0.4, -0.2) is 21.5 Å². The van der Waals surface area contributed by atoms with Crippen LogP contribution in [0.2, 0.25) is 5.02 Å². The SMILES string of the molecule is COC(=O)CCCc1ccc(C(CCC(C)C)NS(=O)(=O)c2ccc(Cl)cc2)cc1. The first-order chi connectivity index (χ1) is 14.2. The number of carbonyl (C=O) groups excluding carboxylic acids is 1. The molecular formula is C23H30ClNO4S. The molecule has 30 heavy (non-hydrogen) atoms. The summed E-state index contributed by atoms with van der Waals surface area (Å²) < 4.78 is 33.3. The first kappa shape index (κ1) is 24.4. The highest BCUT2D eigenvalue weighted by molar-refractivity contribution is 7.89. The van der Waals surface area contributed by atoms with E-state index in [0.717, 1.165) is 24.0 Å². The van der Waals surface area contributed by atoms with Crippen molar-refractivity contribution in [3.8, 4) is 0 Å². The minimum absolute atomic E-state index is 0.195. The lowest BCUT2D eigenvalue weighted by Crippen LogP contribution is -2.29. The molecule has 2 aromatic rings. The van der Waals surface area contributed by atoms with Gasteiger partial charge in [-0.3, -0.25) is 4.79 Å². The zero-order valence-corrected chi connectivity index (χ0v) is 19.3. The van der Waals surface area contributed by atoms with Crippen LogP contribution in [0.1, 0.15) is 56.7 Å². The van der Waals surface area contributed by atoms with Gasteiger partial charge in [-0.1, -0.05) is 49.7 Å². The number of methoxy groups -OCH3 is 1. The Kier molecular flexibility index (Phi) is 9.34. The normalized spacial score (nSPS) is 12.7. The molecule has 0 aliphatic rings. The van der Waals surface area contributed by atoms with Crippen molar-refractivity contribution in [2.75, 3.05) is 7.11 Å². The highest BCUT2D eigenvalue weighted by Gasteiger charge is 2.21. The van der Waals surface area contributed by atoms with E-state index < -0.39 is 10.0 Å². The topological polar surface area (TPSA) is 72.5 Å². The lowest BCUT2D eigenvalue weighted by atomic mass is 9.97. The van der Waals surface area contributed by atoms with E-state index in [9.17, 15) is 13.2 Å². The van der Waals surface area contributed by atoms with Gasteiger partial charge in [-0.05, 0) is 67.0 Å². The van der Waals surface area contributed by atoms with E-state index in [4.69, 9.17) is 11.6 Å². The number of aryl methyl sites for hydroxylation is 1. The van der Waals surface area contributed by atoms with Crippen molar-refractivity contribution in [3.63, 3.8) is 0 Å². The molecule has 0 saturated carbocycles. The molecule has 7 heteroatoms. The number of hydrogen-bond donors (Lipinski definition) is 1. The number of sulfonamides is 1. The van der Waals surface area contributed by atoms with E-state index in [1.807, 2.05) is 24.3 Å². The number of ether oxygens (including phenoxy) is 1. The fourth-order valence-electron chi connectivity index (χ4n) is 3.12. The van der Waals surface area contributed by atoms with Gasteiger partial charge in [0.15, 0.2) is 0 Å². The molecule has 0 amide bonds. The first-order valence-corrected chi connectivity index (χ1v) is 12.0. The first-order valence-electron chi connectivity index (χ1n) is 10.1. The maximum absolute atomic E-state index is 12.9. The average Bonchev–Trinajstić information content (AvgIpc) is 2.71. The van der Waals surface area contributed by atoms with Gasteiger partial charge >= 0.3 is 5.97 Å². The molecule has 0 bridgehead atoms. The third-order valence-corrected chi connectivity index (χ3v) is 6.65. The number of esters is 1. The second-order valence-corrected chi connectivity index (χ2v) is 9.92. The van der Waals surface area contributed by atoms with Crippen molar-refractivity contribution in [1.82, 2.24) is 4.72 Å². The minimum atomic E-state index is -3.67. The predicted octanol–water partition coefficient (Wildman–Crippen LogP) is 5.29. The summed E-state index contributed by atoms with van der Waals surface area (Å²) in [6.07, 6.45) is 3.46. The van der Waals surface area contributed by atoms with Gasteiger partial charge < -0.3 is 4.74 Å². The molecule has 0 fully saturated rings. The van der Waals surface area contributed by atoms with Crippen molar-refractivity contribution in [2.24, 2.45) is 5.92 Å². The summed E-state index contributed by atoms with van der Waals surface area (Å²) in [4.78, 5) is 11.4. The third kappa shape index (κ3) is 7.74. The molecule has 0 aliphatic heterocycles. The summed E-state index contributed by atoms with van der Waals surface area (Å²) in [6.45, 7) is 4.24. The predicted molar refractivity (Wildman–Crippen MR) is 120 cm³/mol. The number of benzene rings is 2. The Morgan fingerprint density at radius 3 is 2.23 bits per heavy atom. The molecule has 5 nitrogen and oxygen atoms in total. The molecule has 1 unspecified atom stereocenters. The number of hydrogen-bond acceptors (Lipinski definition) is 4. The van der Waals surface area contributed by atoms with Crippen molar-refractivity contribution >= 4 is 27.6 Å². The van der Waals surface area contributed by atoms with Gasteiger partial charge in [0.25, 0.3) is 0 Å². The average molecular weight is 452 g/mol. The Bertz CT molecular complexity index is 909. The monoisotopic (exact) mass is 451 g/mol. The largest absolute Gasteiger partial charge is 0.469 e. The molecule has 0 heterocycles. The molecule has 1 N–H and O–H groups in total. The van der Waals surface area contributed by atoms with E-state index in [1.54, 1.807) is 12.1 Å². The van der Waals surface area contributed by atoms with E-state index in [0.29, 0.717) is 30.2 Å². The molecule has 0 radical (unpaired) electrons. The van der Waals surface area contributed by atoms with Crippen LogP contribution in [-0.2, 0) is 26.0 Å². The number of nitrogens with one attached hydrogen (secondary N) is 1. The Morgan fingerprint density at radius 1 is 1.03 bits per heavy atom. The molecule has 0 aromatic heterocycles. The zero-order chi connectivity index (χ0) is 22.1. The minimum Gasteiger partial charge on any atom is -0.469 e. The van der Waals surface area contributed by atoms with Gasteiger partial charge in [-0.2, -0.15) is 0 Å². The highest BCUT2D eigenvalue weighted by atomic mass is 35.5.